The summed E-state index contributed by atoms with van der Waals surface area (Å²) in [6.07, 6.45) is 1.11. The van der Waals surface area contributed by atoms with E-state index in [1.54, 1.807) is 7.11 Å². The quantitative estimate of drug-likeness (QED) is 0.749. The predicted octanol–water partition coefficient (Wildman–Crippen LogP) is 3.87. The van der Waals surface area contributed by atoms with Gasteiger partial charge in [0.2, 0.25) is 0 Å². The van der Waals surface area contributed by atoms with E-state index in [2.05, 4.69) is 66.7 Å². The molecular weight excluding hydrogens is 272 g/mol. The van der Waals surface area contributed by atoms with E-state index in [9.17, 15) is 0 Å². The average Bonchev–Trinajstić information content (AvgIpc) is 2.59. The number of ether oxygens (including phenoxy) is 1. The van der Waals surface area contributed by atoms with Crippen molar-refractivity contribution in [3.05, 3.63) is 60.2 Å². The lowest BCUT2D eigenvalue weighted by atomic mass is 10.1. The van der Waals surface area contributed by atoms with Crippen molar-refractivity contribution in [2.75, 3.05) is 32.1 Å². The van der Waals surface area contributed by atoms with Gasteiger partial charge in [-0.3, -0.25) is 0 Å². The van der Waals surface area contributed by atoms with Crippen LogP contribution in [0.2, 0.25) is 0 Å². The monoisotopic (exact) mass is 298 g/mol. The molecule has 1 unspecified atom stereocenters. The van der Waals surface area contributed by atoms with Gasteiger partial charge in [0, 0.05) is 25.3 Å². The second kappa shape index (κ2) is 8.44. The lowest BCUT2D eigenvalue weighted by molar-refractivity contribution is 0.413. The zero-order chi connectivity index (χ0) is 15.8. The highest BCUT2D eigenvalue weighted by atomic mass is 16.5. The minimum Gasteiger partial charge on any atom is -0.497 e. The largest absolute Gasteiger partial charge is 0.497 e. The molecule has 3 heteroatoms. The molecule has 0 aliphatic carbocycles. The lowest BCUT2D eigenvalue weighted by Crippen LogP contribution is -2.25. The fourth-order valence-corrected chi connectivity index (χ4v) is 2.48. The normalized spacial score (nSPS) is 12.0. The molecule has 0 amide bonds. The van der Waals surface area contributed by atoms with Gasteiger partial charge in [-0.1, -0.05) is 30.3 Å². The maximum atomic E-state index is 5.28. The number of anilines is 1. The molecule has 0 saturated carbocycles. The standard InChI is InChI=1S/C19H26N2O/c1-16(17-9-7-12-19(15-17)22-3)20-13-8-14-21(2)18-10-5-4-6-11-18/h4-7,9-12,15-16,20H,8,13-14H2,1-3H3. The van der Waals surface area contributed by atoms with E-state index < -0.39 is 0 Å². The smallest absolute Gasteiger partial charge is 0.119 e. The van der Waals surface area contributed by atoms with Gasteiger partial charge in [-0.2, -0.15) is 0 Å². The van der Waals surface area contributed by atoms with E-state index in [-0.39, 0.29) is 0 Å². The molecule has 0 aliphatic rings. The van der Waals surface area contributed by atoms with Gasteiger partial charge in [0.05, 0.1) is 7.11 Å². The Morgan fingerprint density at radius 3 is 2.59 bits per heavy atom. The van der Waals surface area contributed by atoms with Gasteiger partial charge >= 0.3 is 0 Å². The molecule has 0 bridgehead atoms. The second-order valence-electron chi connectivity index (χ2n) is 5.56. The third-order valence-corrected chi connectivity index (χ3v) is 3.91. The first-order valence-corrected chi connectivity index (χ1v) is 7.84. The second-order valence-corrected chi connectivity index (χ2v) is 5.56. The van der Waals surface area contributed by atoms with Crippen LogP contribution >= 0.6 is 0 Å². The first-order valence-electron chi connectivity index (χ1n) is 7.84. The van der Waals surface area contributed by atoms with Crippen molar-refractivity contribution in [2.24, 2.45) is 0 Å². The molecule has 118 valence electrons. The van der Waals surface area contributed by atoms with Gasteiger partial charge in [-0.05, 0) is 49.7 Å². The topological polar surface area (TPSA) is 24.5 Å². The third-order valence-electron chi connectivity index (χ3n) is 3.91. The van der Waals surface area contributed by atoms with Gasteiger partial charge in [-0.15, -0.1) is 0 Å². The molecule has 0 aliphatic heterocycles. The van der Waals surface area contributed by atoms with Crippen LogP contribution in [0.25, 0.3) is 0 Å². The van der Waals surface area contributed by atoms with Crippen molar-refractivity contribution >= 4 is 5.69 Å². The molecule has 2 aromatic rings. The van der Waals surface area contributed by atoms with Crippen molar-refractivity contribution in [1.29, 1.82) is 0 Å². The zero-order valence-corrected chi connectivity index (χ0v) is 13.8. The maximum absolute atomic E-state index is 5.28. The summed E-state index contributed by atoms with van der Waals surface area (Å²) in [6.45, 7) is 4.23. The lowest BCUT2D eigenvalue weighted by Gasteiger charge is -2.20. The summed E-state index contributed by atoms with van der Waals surface area (Å²) >= 11 is 0. The highest BCUT2D eigenvalue weighted by Gasteiger charge is 2.06. The molecule has 0 radical (unpaired) electrons. The number of methoxy groups -OCH3 is 1. The summed E-state index contributed by atoms with van der Waals surface area (Å²) in [7, 11) is 3.84. The van der Waals surface area contributed by atoms with Gasteiger partial charge in [0.1, 0.15) is 5.75 Å². The van der Waals surface area contributed by atoms with Crippen molar-refractivity contribution < 1.29 is 4.74 Å². The molecule has 0 fully saturated rings. The van der Waals surface area contributed by atoms with Crippen LogP contribution in [0.5, 0.6) is 5.75 Å². The summed E-state index contributed by atoms with van der Waals surface area (Å²) in [4.78, 5) is 2.29. The minimum absolute atomic E-state index is 0.331. The Morgan fingerprint density at radius 2 is 1.86 bits per heavy atom. The van der Waals surface area contributed by atoms with Crippen LogP contribution in [0.15, 0.2) is 54.6 Å². The molecule has 2 aromatic carbocycles. The number of rotatable bonds is 8. The van der Waals surface area contributed by atoms with Crippen LogP contribution in [0.3, 0.4) is 0 Å². The summed E-state index contributed by atoms with van der Waals surface area (Å²) in [6, 6.07) is 19.1. The molecular formula is C19H26N2O. The Kier molecular flexibility index (Phi) is 6.28. The zero-order valence-electron chi connectivity index (χ0n) is 13.8. The molecule has 1 N–H and O–H groups in total. The summed E-state index contributed by atoms with van der Waals surface area (Å²) in [5.41, 5.74) is 2.53. The third kappa shape index (κ3) is 4.78. The van der Waals surface area contributed by atoms with E-state index >= 15 is 0 Å². The Morgan fingerprint density at radius 1 is 1.09 bits per heavy atom. The van der Waals surface area contributed by atoms with Gasteiger partial charge in [0.15, 0.2) is 0 Å². The molecule has 3 nitrogen and oxygen atoms in total. The number of hydrogen-bond donors (Lipinski definition) is 1. The fraction of sp³-hybridized carbons (Fsp3) is 0.368. The Hall–Kier alpha value is -2.00. The Labute approximate surface area is 133 Å². The Balaban J connectivity index is 1.74. The van der Waals surface area contributed by atoms with E-state index in [4.69, 9.17) is 4.74 Å². The highest BCUT2D eigenvalue weighted by molar-refractivity contribution is 5.44. The van der Waals surface area contributed by atoms with E-state index in [0.29, 0.717) is 6.04 Å². The number of hydrogen-bond acceptors (Lipinski definition) is 3. The van der Waals surface area contributed by atoms with Crippen LogP contribution in [0.1, 0.15) is 24.9 Å². The SMILES string of the molecule is COc1cccc(C(C)NCCCN(C)c2ccccc2)c1. The van der Waals surface area contributed by atoms with Gasteiger partial charge < -0.3 is 15.0 Å². The van der Waals surface area contributed by atoms with E-state index in [1.165, 1.54) is 11.3 Å². The summed E-state index contributed by atoms with van der Waals surface area (Å²) < 4.78 is 5.28. The molecule has 0 saturated heterocycles. The number of benzene rings is 2. The van der Waals surface area contributed by atoms with Crippen LogP contribution in [0, 0.1) is 0 Å². The van der Waals surface area contributed by atoms with Crippen LogP contribution in [0.4, 0.5) is 5.69 Å². The molecule has 22 heavy (non-hydrogen) atoms. The van der Waals surface area contributed by atoms with Crippen LogP contribution < -0.4 is 15.0 Å². The summed E-state index contributed by atoms with van der Waals surface area (Å²) in [5, 5.41) is 3.57. The Bertz CT molecular complexity index is 556. The van der Waals surface area contributed by atoms with Crippen molar-refractivity contribution in [1.82, 2.24) is 5.32 Å². The van der Waals surface area contributed by atoms with Crippen molar-refractivity contribution in [2.45, 2.75) is 19.4 Å². The van der Waals surface area contributed by atoms with Crippen molar-refractivity contribution in [3.8, 4) is 5.75 Å². The maximum Gasteiger partial charge on any atom is 0.119 e. The summed E-state index contributed by atoms with van der Waals surface area (Å²) in [5.74, 6) is 0.912. The van der Waals surface area contributed by atoms with Crippen molar-refractivity contribution in [3.63, 3.8) is 0 Å². The molecule has 2 rings (SSSR count). The minimum atomic E-state index is 0.331. The molecule has 0 spiro atoms. The van der Waals surface area contributed by atoms with E-state index in [1.807, 2.05) is 12.1 Å². The first-order chi connectivity index (χ1) is 10.7. The number of nitrogens with zero attached hydrogens (tertiary/aromatic N) is 1. The van der Waals surface area contributed by atoms with E-state index in [0.717, 1.165) is 25.3 Å². The molecule has 0 heterocycles. The highest BCUT2D eigenvalue weighted by Crippen LogP contribution is 2.18. The predicted molar refractivity (Wildman–Crippen MR) is 93.7 cm³/mol. The number of para-hydroxylation sites is 1. The number of nitrogens with one attached hydrogen (secondary N) is 1. The first kappa shape index (κ1) is 16.4. The molecule has 0 aromatic heterocycles. The average molecular weight is 298 g/mol. The van der Waals surface area contributed by atoms with Gasteiger partial charge in [-0.25, -0.2) is 0 Å². The van der Waals surface area contributed by atoms with Crippen LogP contribution in [-0.2, 0) is 0 Å². The van der Waals surface area contributed by atoms with Gasteiger partial charge in [0.25, 0.3) is 0 Å². The fourth-order valence-electron chi connectivity index (χ4n) is 2.48. The molecule has 1 atom stereocenters. The van der Waals surface area contributed by atoms with Crippen LogP contribution in [-0.4, -0.2) is 27.2 Å².